The zero-order valence-corrected chi connectivity index (χ0v) is 15.6. The maximum atomic E-state index is 12.0. The molecule has 0 unspecified atom stereocenters. The van der Waals surface area contributed by atoms with E-state index in [4.69, 9.17) is 14.6 Å². The van der Waals surface area contributed by atoms with Gasteiger partial charge in [-0.05, 0) is 36.2 Å². The summed E-state index contributed by atoms with van der Waals surface area (Å²) in [5.41, 5.74) is 0.930. The molecule has 3 N–H and O–H groups in total. The van der Waals surface area contributed by atoms with E-state index in [-0.39, 0.29) is 16.7 Å². The van der Waals surface area contributed by atoms with Crippen LogP contribution in [0.2, 0.25) is 0 Å². The molecule has 0 atom stereocenters. The molecule has 9 heteroatoms. The second-order valence-electron chi connectivity index (χ2n) is 5.26. The van der Waals surface area contributed by atoms with E-state index in [0.717, 1.165) is 21.8 Å². The van der Waals surface area contributed by atoms with E-state index in [1.807, 2.05) is 12.1 Å². The molecule has 0 saturated carbocycles. The number of nitrogens with two attached hydrogens (primary N) is 1. The molecule has 2 rings (SSSR count). The Morgan fingerprint density at radius 3 is 2.32 bits per heavy atom. The maximum Gasteiger partial charge on any atom is 0.247 e. The number of hydrogen-bond acceptors (Lipinski definition) is 6. The number of benzene rings is 1. The topological polar surface area (TPSA) is 108 Å². The van der Waals surface area contributed by atoms with E-state index in [9.17, 15) is 13.2 Å². The van der Waals surface area contributed by atoms with Crippen molar-refractivity contribution in [3.05, 3.63) is 40.8 Å². The first-order valence-corrected chi connectivity index (χ1v) is 9.78. The van der Waals surface area contributed by atoms with E-state index in [0.29, 0.717) is 24.3 Å². The Hall–Kier alpha value is -2.10. The molecule has 0 fully saturated rings. The number of rotatable bonds is 8. The van der Waals surface area contributed by atoms with Crippen molar-refractivity contribution in [2.75, 3.05) is 14.2 Å². The summed E-state index contributed by atoms with van der Waals surface area (Å²) >= 11 is 1.05. The lowest BCUT2D eigenvalue weighted by molar-refractivity contribution is -0.121. The summed E-state index contributed by atoms with van der Waals surface area (Å²) in [6, 6.07) is 8.55. The largest absolute Gasteiger partial charge is 0.497 e. The van der Waals surface area contributed by atoms with E-state index < -0.39 is 10.0 Å². The second kappa shape index (κ2) is 8.32. The van der Waals surface area contributed by atoms with Crippen molar-refractivity contribution >= 4 is 27.3 Å². The van der Waals surface area contributed by atoms with Crippen LogP contribution in [0.15, 0.2) is 34.5 Å². The molecule has 0 aliphatic carbocycles. The van der Waals surface area contributed by atoms with E-state index in [1.165, 1.54) is 6.07 Å². The fraction of sp³-hybridized carbons (Fsp3) is 0.312. The molecule has 0 bridgehead atoms. The molecule has 0 saturated heterocycles. The molecular weight excluding hydrogens is 364 g/mol. The normalized spacial score (nSPS) is 11.2. The molecular formula is C16H20N2O5S2. The number of sulfonamides is 1. The Labute approximate surface area is 150 Å². The lowest BCUT2D eigenvalue weighted by Crippen LogP contribution is -2.22. The molecule has 136 valence electrons. The third-order valence-electron chi connectivity index (χ3n) is 3.43. The van der Waals surface area contributed by atoms with Gasteiger partial charge >= 0.3 is 0 Å². The zero-order chi connectivity index (χ0) is 18.4. The minimum absolute atomic E-state index is 0.0835. The molecule has 2 aromatic rings. The molecule has 0 aliphatic rings. The zero-order valence-electron chi connectivity index (χ0n) is 13.9. The predicted octanol–water partition coefficient (Wildman–Crippen LogP) is 1.66. The third-order valence-corrected chi connectivity index (χ3v) is 5.95. The van der Waals surface area contributed by atoms with Crippen LogP contribution in [0.3, 0.4) is 0 Å². The summed E-state index contributed by atoms with van der Waals surface area (Å²) in [4.78, 5) is 12.7. The van der Waals surface area contributed by atoms with Gasteiger partial charge in [-0.25, -0.2) is 13.6 Å². The van der Waals surface area contributed by atoms with Gasteiger partial charge in [0, 0.05) is 17.4 Å². The lowest BCUT2D eigenvalue weighted by Gasteiger charge is -2.08. The van der Waals surface area contributed by atoms with Crippen molar-refractivity contribution in [2.45, 2.75) is 23.6 Å². The van der Waals surface area contributed by atoms with Gasteiger partial charge in [0.2, 0.25) is 15.9 Å². The summed E-state index contributed by atoms with van der Waals surface area (Å²) < 4.78 is 32.9. The average Bonchev–Trinajstić information content (AvgIpc) is 3.07. The van der Waals surface area contributed by atoms with Crippen molar-refractivity contribution in [3.8, 4) is 11.5 Å². The van der Waals surface area contributed by atoms with Crippen LogP contribution in [-0.2, 0) is 27.8 Å². The summed E-state index contributed by atoms with van der Waals surface area (Å²) in [5, 5.41) is 7.82. The number of carbonyl (C=O) groups excluding carboxylic acids is 1. The van der Waals surface area contributed by atoms with Crippen molar-refractivity contribution in [3.63, 3.8) is 0 Å². The molecule has 25 heavy (non-hydrogen) atoms. The predicted molar refractivity (Wildman–Crippen MR) is 95.4 cm³/mol. The van der Waals surface area contributed by atoms with Crippen LogP contribution >= 0.6 is 11.3 Å². The number of amides is 1. The highest BCUT2D eigenvalue weighted by Gasteiger charge is 2.12. The quantitative estimate of drug-likeness (QED) is 0.720. The lowest BCUT2D eigenvalue weighted by atomic mass is 10.1. The van der Waals surface area contributed by atoms with Gasteiger partial charge in [-0.3, -0.25) is 4.79 Å². The second-order valence-corrected chi connectivity index (χ2v) is 8.22. The van der Waals surface area contributed by atoms with Gasteiger partial charge in [-0.15, -0.1) is 11.3 Å². The summed E-state index contributed by atoms with van der Waals surface area (Å²) in [6.45, 7) is 0.264. The Morgan fingerprint density at radius 1 is 1.16 bits per heavy atom. The van der Waals surface area contributed by atoms with Gasteiger partial charge < -0.3 is 14.8 Å². The van der Waals surface area contributed by atoms with E-state index >= 15 is 0 Å². The van der Waals surface area contributed by atoms with Crippen LogP contribution < -0.4 is 19.9 Å². The maximum absolute atomic E-state index is 12.0. The van der Waals surface area contributed by atoms with E-state index in [1.54, 1.807) is 26.4 Å². The van der Waals surface area contributed by atoms with Gasteiger partial charge in [0.15, 0.2) is 0 Å². The molecule has 1 aromatic heterocycles. The first kappa shape index (κ1) is 19.2. The van der Waals surface area contributed by atoms with Crippen LogP contribution in [0.4, 0.5) is 0 Å². The SMILES string of the molecule is COc1cc(CCC(=O)NCc2ccc(S(N)(=O)=O)s2)cc(OC)c1. The Kier molecular flexibility index (Phi) is 6.40. The van der Waals surface area contributed by atoms with Crippen molar-refractivity contribution in [2.24, 2.45) is 5.14 Å². The minimum atomic E-state index is -3.70. The summed E-state index contributed by atoms with van der Waals surface area (Å²) in [6.07, 6.45) is 0.829. The molecule has 1 amide bonds. The van der Waals surface area contributed by atoms with Crippen molar-refractivity contribution in [1.29, 1.82) is 0 Å². The van der Waals surface area contributed by atoms with Gasteiger partial charge in [0.05, 0.1) is 20.8 Å². The fourth-order valence-electron chi connectivity index (χ4n) is 2.15. The van der Waals surface area contributed by atoms with Crippen LogP contribution in [0, 0.1) is 0 Å². The van der Waals surface area contributed by atoms with Gasteiger partial charge in [0.1, 0.15) is 15.7 Å². The Bertz CT molecular complexity index is 824. The highest BCUT2D eigenvalue weighted by molar-refractivity contribution is 7.91. The molecule has 0 radical (unpaired) electrons. The third kappa shape index (κ3) is 5.73. The van der Waals surface area contributed by atoms with Crippen LogP contribution in [0.1, 0.15) is 16.9 Å². The molecule has 1 aromatic carbocycles. The van der Waals surface area contributed by atoms with Gasteiger partial charge in [-0.2, -0.15) is 0 Å². The molecule has 0 aliphatic heterocycles. The van der Waals surface area contributed by atoms with E-state index in [2.05, 4.69) is 5.32 Å². The monoisotopic (exact) mass is 384 g/mol. The Balaban J connectivity index is 1.88. The summed E-state index contributed by atoms with van der Waals surface area (Å²) in [5.74, 6) is 1.21. The number of carbonyl (C=O) groups is 1. The summed E-state index contributed by atoms with van der Waals surface area (Å²) in [7, 11) is -0.555. The number of nitrogens with one attached hydrogen (secondary N) is 1. The number of ether oxygens (including phenoxy) is 2. The van der Waals surface area contributed by atoms with Crippen LogP contribution in [0.25, 0.3) is 0 Å². The fourth-order valence-corrected chi connectivity index (χ4v) is 3.87. The number of hydrogen-bond donors (Lipinski definition) is 2. The number of thiophene rings is 1. The first-order valence-electron chi connectivity index (χ1n) is 7.42. The molecule has 0 spiro atoms. The average molecular weight is 384 g/mol. The Morgan fingerprint density at radius 2 is 1.80 bits per heavy atom. The highest BCUT2D eigenvalue weighted by Crippen LogP contribution is 2.23. The standard InChI is InChI=1S/C16H20N2O5S2/c1-22-12-7-11(8-13(9-12)23-2)3-5-15(19)18-10-14-4-6-16(24-14)25(17,20)21/h4,6-9H,3,5,10H2,1-2H3,(H,18,19)(H2,17,20,21). The number of primary sulfonamides is 1. The van der Waals surface area contributed by atoms with Gasteiger partial charge in [0.25, 0.3) is 0 Å². The van der Waals surface area contributed by atoms with Gasteiger partial charge in [-0.1, -0.05) is 0 Å². The minimum Gasteiger partial charge on any atom is -0.497 e. The smallest absolute Gasteiger partial charge is 0.247 e. The number of aryl methyl sites for hydroxylation is 1. The molecule has 1 heterocycles. The highest BCUT2D eigenvalue weighted by atomic mass is 32.2. The van der Waals surface area contributed by atoms with Crippen LogP contribution in [-0.4, -0.2) is 28.5 Å². The van der Waals surface area contributed by atoms with Crippen LogP contribution in [0.5, 0.6) is 11.5 Å². The molecule has 7 nitrogen and oxygen atoms in total. The first-order chi connectivity index (χ1) is 11.8. The number of methoxy groups -OCH3 is 2. The van der Waals surface area contributed by atoms with Crippen molar-refractivity contribution < 1.29 is 22.7 Å². The van der Waals surface area contributed by atoms with Crippen molar-refractivity contribution in [1.82, 2.24) is 5.32 Å².